The number of carbonyl (C=O) groups is 1. The van der Waals surface area contributed by atoms with E-state index < -0.39 is 5.60 Å². The van der Waals surface area contributed by atoms with E-state index in [9.17, 15) is 4.79 Å². The lowest BCUT2D eigenvalue weighted by Gasteiger charge is -2.23. The van der Waals surface area contributed by atoms with Crippen LogP contribution in [-0.4, -0.2) is 25.3 Å². The van der Waals surface area contributed by atoms with Gasteiger partial charge in [-0.2, -0.15) is 0 Å². The summed E-state index contributed by atoms with van der Waals surface area (Å²) in [5.74, 6) is 0.542. The molecule has 1 aliphatic heterocycles. The fourth-order valence-corrected chi connectivity index (χ4v) is 3.63. The van der Waals surface area contributed by atoms with Crippen molar-refractivity contribution >= 4 is 5.97 Å². The summed E-state index contributed by atoms with van der Waals surface area (Å²) >= 11 is 0. The molecule has 0 radical (unpaired) electrons. The standard InChI is InChI=1S/C18H24O4/c1-3-13-21-16(19)18(14-7-9-15(20-2)10-8-14)17(22-18)11-5-4-6-12-17/h7-10H,3-6,11-13H2,1-2H3. The molecule has 1 saturated heterocycles. The molecular weight excluding hydrogens is 280 g/mol. The third kappa shape index (κ3) is 2.30. The van der Waals surface area contributed by atoms with E-state index in [2.05, 4.69) is 0 Å². The van der Waals surface area contributed by atoms with Crippen molar-refractivity contribution in [2.45, 2.75) is 56.7 Å². The predicted molar refractivity (Wildman–Crippen MR) is 82.8 cm³/mol. The number of hydrogen-bond acceptors (Lipinski definition) is 4. The molecule has 0 aromatic heterocycles. The second-order valence-electron chi connectivity index (χ2n) is 6.20. The quantitative estimate of drug-likeness (QED) is 0.616. The maximum absolute atomic E-state index is 12.7. The number of rotatable bonds is 5. The van der Waals surface area contributed by atoms with Crippen LogP contribution in [0.25, 0.3) is 0 Å². The fraction of sp³-hybridized carbons (Fsp3) is 0.611. The number of benzene rings is 1. The second kappa shape index (κ2) is 5.92. The smallest absolute Gasteiger partial charge is 0.346 e. The zero-order valence-corrected chi connectivity index (χ0v) is 13.4. The van der Waals surface area contributed by atoms with Gasteiger partial charge in [0.2, 0.25) is 5.60 Å². The van der Waals surface area contributed by atoms with E-state index >= 15 is 0 Å². The van der Waals surface area contributed by atoms with Crippen LogP contribution in [0.2, 0.25) is 0 Å². The zero-order valence-electron chi connectivity index (χ0n) is 13.4. The third-order valence-electron chi connectivity index (χ3n) is 4.83. The van der Waals surface area contributed by atoms with Crippen molar-refractivity contribution in [2.75, 3.05) is 13.7 Å². The average molecular weight is 304 g/mol. The SMILES string of the molecule is CCCOC(=O)C1(c2ccc(OC)cc2)OC12CCCCC2. The lowest BCUT2D eigenvalue weighted by atomic mass is 9.77. The summed E-state index contributed by atoms with van der Waals surface area (Å²) in [6, 6.07) is 7.61. The van der Waals surface area contributed by atoms with Crippen molar-refractivity contribution in [2.24, 2.45) is 0 Å². The van der Waals surface area contributed by atoms with E-state index in [0.29, 0.717) is 6.61 Å². The number of epoxide rings is 1. The van der Waals surface area contributed by atoms with Gasteiger partial charge < -0.3 is 14.2 Å². The summed E-state index contributed by atoms with van der Waals surface area (Å²) in [6.45, 7) is 2.44. The molecule has 0 bridgehead atoms. The molecule has 1 heterocycles. The third-order valence-corrected chi connectivity index (χ3v) is 4.83. The molecule has 2 aliphatic rings. The topological polar surface area (TPSA) is 48.1 Å². The molecule has 3 rings (SSSR count). The van der Waals surface area contributed by atoms with Crippen molar-refractivity contribution in [3.63, 3.8) is 0 Å². The molecule has 1 atom stereocenters. The molecule has 1 aliphatic carbocycles. The van der Waals surface area contributed by atoms with Crippen LogP contribution in [-0.2, 0) is 19.9 Å². The summed E-state index contributed by atoms with van der Waals surface area (Å²) in [5.41, 5.74) is -0.379. The molecular formula is C18H24O4. The maximum Gasteiger partial charge on any atom is 0.346 e. The summed E-state index contributed by atoms with van der Waals surface area (Å²) in [7, 11) is 1.64. The summed E-state index contributed by atoms with van der Waals surface area (Å²) in [4.78, 5) is 12.7. The molecule has 4 heteroatoms. The van der Waals surface area contributed by atoms with Crippen molar-refractivity contribution < 1.29 is 19.0 Å². The van der Waals surface area contributed by atoms with Gasteiger partial charge in [-0.15, -0.1) is 0 Å². The monoisotopic (exact) mass is 304 g/mol. The Bertz CT molecular complexity index is 531. The van der Waals surface area contributed by atoms with E-state index in [1.165, 1.54) is 6.42 Å². The fourth-order valence-electron chi connectivity index (χ4n) is 3.63. The highest BCUT2D eigenvalue weighted by Crippen LogP contribution is 2.63. The molecule has 4 nitrogen and oxygen atoms in total. The molecule has 22 heavy (non-hydrogen) atoms. The molecule has 2 fully saturated rings. The minimum Gasteiger partial charge on any atom is -0.497 e. The highest BCUT2D eigenvalue weighted by Gasteiger charge is 2.75. The van der Waals surface area contributed by atoms with Crippen LogP contribution >= 0.6 is 0 Å². The van der Waals surface area contributed by atoms with E-state index in [0.717, 1.165) is 43.4 Å². The Morgan fingerprint density at radius 1 is 1.18 bits per heavy atom. The predicted octanol–water partition coefficient (Wildman–Crippen LogP) is 3.58. The van der Waals surface area contributed by atoms with Crippen LogP contribution in [0.5, 0.6) is 5.75 Å². The summed E-state index contributed by atoms with van der Waals surface area (Å²) < 4.78 is 16.8. The minimum atomic E-state index is -0.908. The van der Waals surface area contributed by atoms with Crippen molar-refractivity contribution in [3.05, 3.63) is 29.8 Å². The van der Waals surface area contributed by atoms with E-state index in [4.69, 9.17) is 14.2 Å². The Morgan fingerprint density at radius 2 is 1.86 bits per heavy atom. The van der Waals surface area contributed by atoms with Crippen molar-refractivity contribution in [1.82, 2.24) is 0 Å². The molecule has 1 spiro atoms. The van der Waals surface area contributed by atoms with Gasteiger partial charge in [0.1, 0.15) is 11.4 Å². The molecule has 1 aromatic rings. The second-order valence-corrected chi connectivity index (χ2v) is 6.20. The van der Waals surface area contributed by atoms with Crippen LogP contribution < -0.4 is 4.74 Å². The van der Waals surface area contributed by atoms with Gasteiger partial charge in [0, 0.05) is 0 Å². The van der Waals surface area contributed by atoms with Crippen LogP contribution in [0.15, 0.2) is 24.3 Å². The number of hydrogen-bond donors (Lipinski definition) is 0. The lowest BCUT2D eigenvalue weighted by molar-refractivity contribution is -0.150. The van der Waals surface area contributed by atoms with Gasteiger partial charge in [0.25, 0.3) is 0 Å². The van der Waals surface area contributed by atoms with Gasteiger partial charge in [-0.3, -0.25) is 0 Å². The number of carbonyl (C=O) groups excluding carboxylic acids is 1. The van der Waals surface area contributed by atoms with Crippen LogP contribution in [0, 0.1) is 0 Å². The van der Waals surface area contributed by atoms with Gasteiger partial charge in [-0.1, -0.05) is 38.3 Å². The maximum atomic E-state index is 12.7. The summed E-state index contributed by atoms with van der Waals surface area (Å²) in [5, 5.41) is 0. The minimum absolute atomic E-state index is 0.235. The van der Waals surface area contributed by atoms with Crippen molar-refractivity contribution in [3.8, 4) is 5.75 Å². The van der Waals surface area contributed by atoms with Gasteiger partial charge in [-0.05, 0) is 37.0 Å². The van der Waals surface area contributed by atoms with Crippen LogP contribution in [0.3, 0.4) is 0 Å². The number of ether oxygens (including phenoxy) is 3. The van der Waals surface area contributed by atoms with E-state index in [1.54, 1.807) is 7.11 Å². The first-order valence-corrected chi connectivity index (χ1v) is 8.20. The highest BCUT2D eigenvalue weighted by atomic mass is 16.7. The van der Waals surface area contributed by atoms with Gasteiger partial charge in [0.05, 0.1) is 13.7 Å². The molecule has 1 aromatic carbocycles. The molecule has 0 N–H and O–H groups in total. The first-order chi connectivity index (χ1) is 10.7. The Hall–Kier alpha value is -1.55. The lowest BCUT2D eigenvalue weighted by Crippen LogP contribution is -2.35. The molecule has 0 amide bonds. The van der Waals surface area contributed by atoms with Crippen LogP contribution in [0.1, 0.15) is 51.0 Å². The van der Waals surface area contributed by atoms with Crippen LogP contribution in [0.4, 0.5) is 0 Å². The van der Waals surface area contributed by atoms with E-state index in [1.807, 2.05) is 31.2 Å². The molecule has 1 unspecified atom stereocenters. The van der Waals surface area contributed by atoms with Gasteiger partial charge in [0.15, 0.2) is 0 Å². The number of esters is 1. The van der Waals surface area contributed by atoms with Gasteiger partial charge >= 0.3 is 5.97 Å². The normalized spacial score (nSPS) is 25.7. The van der Waals surface area contributed by atoms with E-state index in [-0.39, 0.29) is 11.6 Å². The number of methoxy groups -OCH3 is 1. The Morgan fingerprint density at radius 3 is 2.45 bits per heavy atom. The van der Waals surface area contributed by atoms with Gasteiger partial charge in [-0.25, -0.2) is 4.79 Å². The first kappa shape index (κ1) is 15.3. The Balaban J connectivity index is 1.91. The highest BCUT2D eigenvalue weighted by molar-refractivity contribution is 5.87. The molecule has 1 saturated carbocycles. The summed E-state index contributed by atoms with van der Waals surface area (Å²) in [6.07, 6.45) is 6.11. The largest absolute Gasteiger partial charge is 0.497 e. The first-order valence-electron chi connectivity index (χ1n) is 8.20. The Labute approximate surface area is 131 Å². The zero-order chi connectivity index (χ0) is 15.6. The molecule has 120 valence electrons. The average Bonchev–Trinajstić information content (AvgIpc) is 3.21. The van der Waals surface area contributed by atoms with Crippen molar-refractivity contribution in [1.29, 1.82) is 0 Å². The Kier molecular flexibility index (Phi) is 4.13.